The number of hydrogen-bond acceptors (Lipinski definition) is 2. The van der Waals surface area contributed by atoms with Crippen LogP contribution in [0.1, 0.15) is 24.3 Å². The van der Waals surface area contributed by atoms with E-state index in [-0.39, 0.29) is 0 Å². The predicted molar refractivity (Wildman–Crippen MR) is 50.0 cm³/mol. The van der Waals surface area contributed by atoms with Crippen LogP contribution >= 0.6 is 11.6 Å². The van der Waals surface area contributed by atoms with Crippen molar-refractivity contribution in [1.82, 2.24) is 14.4 Å². The van der Waals surface area contributed by atoms with Gasteiger partial charge in [0.2, 0.25) is 5.78 Å². The number of fused-ring (bicyclic) bond motifs is 1. The zero-order valence-corrected chi connectivity index (χ0v) is 7.70. The first-order valence-corrected chi connectivity index (χ1v) is 4.71. The SMILES string of the molecule is Clc1cn2cc(C3CC3)cnc2n1. The summed E-state index contributed by atoms with van der Waals surface area (Å²) in [4.78, 5) is 8.28. The number of hydrogen-bond donors (Lipinski definition) is 0. The number of aromatic nitrogens is 3. The lowest BCUT2D eigenvalue weighted by Crippen LogP contribution is -1.90. The third-order valence-corrected chi connectivity index (χ3v) is 2.53. The fourth-order valence-electron chi connectivity index (χ4n) is 1.50. The van der Waals surface area contributed by atoms with E-state index in [9.17, 15) is 0 Å². The van der Waals surface area contributed by atoms with Gasteiger partial charge < -0.3 is 0 Å². The van der Waals surface area contributed by atoms with Crippen LogP contribution in [-0.2, 0) is 0 Å². The van der Waals surface area contributed by atoms with E-state index in [0.717, 1.165) is 5.92 Å². The normalized spacial score (nSPS) is 16.7. The molecule has 1 fully saturated rings. The minimum atomic E-state index is 0.500. The molecule has 3 rings (SSSR count). The van der Waals surface area contributed by atoms with Crippen LogP contribution in [0.25, 0.3) is 5.78 Å². The van der Waals surface area contributed by atoms with Crippen LogP contribution in [0, 0.1) is 0 Å². The first-order chi connectivity index (χ1) is 6.33. The molecule has 2 aromatic heterocycles. The quantitative estimate of drug-likeness (QED) is 0.696. The Morgan fingerprint density at radius 1 is 1.38 bits per heavy atom. The van der Waals surface area contributed by atoms with Crippen LogP contribution < -0.4 is 0 Å². The molecule has 2 heterocycles. The molecule has 3 nitrogen and oxygen atoms in total. The smallest absolute Gasteiger partial charge is 0.235 e. The monoisotopic (exact) mass is 193 g/mol. The van der Waals surface area contributed by atoms with Gasteiger partial charge in [-0.05, 0) is 24.3 Å². The van der Waals surface area contributed by atoms with Gasteiger partial charge in [0, 0.05) is 18.6 Å². The minimum absolute atomic E-state index is 0.500. The standard InChI is InChI=1S/C9H8ClN3/c10-8-5-13-4-7(6-1-2-6)3-11-9(13)12-8/h3-6H,1-2H2. The van der Waals surface area contributed by atoms with Crippen molar-refractivity contribution in [3.63, 3.8) is 0 Å². The maximum Gasteiger partial charge on any atom is 0.235 e. The van der Waals surface area contributed by atoms with Crippen LogP contribution in [0.2, 0.25) is 5.15 Å². The molecule has 0 saturated heterocycles. The summed E-state index contributed by atoms with van der Waals surface area (Å²) < 4.78 is 1.88. The molecule has 0 aliphatic heterocycles. The Kier molecular flexibility index (Phi) is 1.38. The van der Waals surface area contributed by atoms with Crippen LogP contribution in [0.5, 0.6) is 0 Å². The number of imidazole rings is 1. The van der Waals surface area contributed by atoms with E-state index in [0.29, 0.717) is 10.9 Å². The van der Waals surface area contributed by atoms with Crippen molar-refractivity contribution >= 4 is 17.4 Å². The van der Waals surface area contributed by atoms with Crippen LogP contribution in [-0.4, -0.2) is 14.4 Å². The minimum Gasteiger partial charge on any atom is -0.289 e. The molecule has 1 saturated carbocycles. The van der Waals surface area contributed by atoms with E-state index in [2.05, 4.69) is 16.2 Å². The lowest BCUT2D eigenvalue weighted by Gasteiger charge is -1.97. The molecule has 1 aliphatic carbocycles. The molecule has 2 aromatic rings. The largest absolute Gasteiger partial charge is 0.289 e. The molecule has 0 spiro atoms. The van der Waals surface area contributed by atoms with E-state index in [1.54, 1.807) is 6.20 Å². The van der Waals surface area contributed by atoms with Gasteiger partial charge in [0.05, 0.1) is 0 Å². The molecule has 0 unspecified atom stereocenters. The fraction of sp³-hybridized carbons (Fsp3) is 0.333. The summed E-state index contributed by atoms with van der Waals surface area (Å²) in [6.45, 7) is 0. The average Bonchev–Trinajstić information content (AvgIpc) is 2.87. The van der Waals surface area contributed by atoms with E-state index < -0.39 is 0 Å². The van der Waals surface area contributed by atoms with Crippen molar-refractivity contribution < 1.29 is 0 Å². The Morgan fingerprint density at radius 3 is 3.00 bits per heavy atom. The molecule has 0 atom stereocenters. The summed E-state index contributed by atoms with van der Waals surface area (Å²) >= 11 is 5.76. The highest BCUT2D eigenvalue weighted by molar-refractivity contribution is 6.29. The summed E-state index contributed by atoms with van der Waals surface area (Å²) in [5, 5.41) is 0.500. The van der Waals surface area contributed by atoms with Gasteiger partial charge in [0.1, 0.15) is 5.15 Å². The average molecular weight is 194 g/mol. The second-order valence-corrected chi connectivity index (χ2v) is 3.82. The topological polar surface area (TPSA) is 30.2 Å². The number of halogens is 1. The second kappa shape index (κ2) is 2.45. The first kappa shape index (κ1) is 7.33. The van der Waals surface area contributed by atoms with Gasteiger partial charge in [-0.3, -0.25) is 4.40 Å². The van der Waals surface area contributed by atoms with Gasteiger partial charge in [0.25, 0.3) is 0 Å². The maximum atomic E-state index is 5.76. The summed E-state index contributed by atoms with van der Waals surface area (Å²) in [5.74, 6) is 1.40. The molecule has 1 aliphatic rings. The fourth-order valence-corrected chi connectivity index (χ4v) is 1.68. The van der Waals surface area contributed by atoms with E-state index in [1.165, 1.54) is 18.4 Å². The Labute approximate surface area is 80.4 Å². The third-order valence-electron chi connectivity index (χ3n) is 2.35. The van der Waals surface area contributed by atoms with Crippen molar-refractivity contribution in [3.8, 4) is 0 Å². The Balaban J connectivity index is 2.20. The zero-order valence-electron chi connectivity index (χ0n) is 6.94. The Morgan fingerprint density at radius 2 is 2.23 bits per heavy atom. The van der Waals surface area contributed by atoms with Gasteiger partial charge in [-0.2, -0.15) is 4.98 Å². The van der Waals surface area contributed by atoms with Crippen molar-refractivity contribution in [2.24, 2.45) is 0 Å². The van der Waals surface area contributed by atoms with E-state index in [1.807, 2.05) is 10.6 Å². The molecule has 0 radical (unpaired) electrons. The van der Waals surface area contributed by atoms with Crippen molar-refractivity contribution in [3.05, 3.63) is 29.3 Å². The van der Waals surface area contributed by atoms with Crippen LogP contribution in [0.15, 0.2) is 18.6 Å². The van der Waals surface area contributed by atoms with Gasteiger partial charge in [-0.1, -0.05) is 11.6 Å². The van der Waals surface area contributed by atoms with Gasteiger partial charge >= 0.3 is 0 Å². The maximum absolute atomic E-state index is 5.76. The van der Waals surface area contributed by atoms with E-state index in [4.69, 9.17) is 11.6 Å². The highest BCUT2D eigenvalue weighted by atomic mass is 35.5. The summed E-state index contributed by atoms with van der Waals surface area (Å²) in [6.07, 6.45) is 8.33. The van der Waals surface area contributed by atoms with E-state index >= 15 is 0 Å². The lowest BCUT2D eigenvalue weighted by atomic mass is 10.2. The predicted octanol–water partition coefficient (Wildman–Crippen LogP) is 2.26. The molecule has 13 heavy (non-hydrogen) atoms. The Hall–Kier alpha value is -1.09. The molecular formula is C9H8ClN3. The van der Waals surface area contributed by atoms with Gasteiger partial charge in [-0.15, -0.1) is 0 Å². The van der Waals surface area contributed by atoms with Crippen molar-refractivity contribution in [2.75, 3.05) is 0 Å². The van der Waals surface area contributed by atoms with Crippen LogP contribution in [0.4, 0.5) is 0 Å². The molecule has 0 bridgehead atoms. The molecular weight excluding hydrogens is 186 g/mol. The molecule has 0 N–H and O–H groups in total. The first-order valence-electron chi connectivity index (χ1n) is 4.33. The summed E-state index contributed by atoms with van der Waals surface area (Å²) in [7, 11) is 0. The molecule has 66 valence electrons. The van der Waals surface area contributed by atoms with Gasteiger partial charge in [-0.25, -0.2) is 4.98 Å². The highest BCUT2D eigenvalue weighted by Gasteiger charge is 2.24. The third kappa shape index (κ3) is 1.20. The van der Waals surface area contributed by atoms with Gasteiger partial charge in [0.15, 0.2) is 0 Å². The number of rotatable bonds is 1. The van der Waals surface area contributed by atoms with Crippen molar-refractivity contribution in [2.45, 2.75) is 18.8 Å². The number of nitrogens with zero attached hydrogens (tertiary/aromatic N) is 3. The summed E-state index contributed by atoms with van der Waals surface area (Å²) in [6, 6.07) is 0. The van der Waals surface area contributed by atoms with Crippen LogP contribution in [0.3, 0.4) is 0 Å². The van der Waals surface area contributed by atoms with Crippen molar-refractivity contribution in [1.29, 1.82) is 0 Å². The molecule has 0 aromatic carbocycles. The lowest BCUT2D eigenvalue weighted by molar-refractivity contribution is 1.01. The zero-order chi connectivity index (χ0) is 8.84. The second-order valence-electron chi connectivity index (χ2n) is 3.43. The Bertz CT molecular complexity index is 459. The molecule has 0 amide bonds. The highest BCUT2D eigenvalue weighted by Crippen LogP contribution is 2.39. The molecule has 4 heteroatoms. The summed E-state index contributed by atoms with van der Waals surface area (Å²) in [5.41, 5.74) is 1.29.